The van der Waals surface area contributed by atoms with E-state index in [0.717, 1.165) is 11.1 Å². The molecule has 0 saturated heterocycles. The Bertz CT molecular complexity index is 393. The molecule has 1 aromatic rings. The zero-order valence-electron chi connectivity index (χ0n) is 7.45. The first kappa shape index (κ1) is 8.81. The molecule has 0 atom stereocenters. The summed E-state index contributed by atoms with van der Waals surface area (Å²) in [6.45, 7) is 0. The normalized spacial score (nSPS) is 16.4. The summed E-state index contributed by atoms with van der Waals surface area (Å²) in [4.78, 5) is 33.5. The van der Waals surface area contributed by atoms with E-state index in [1.165, 1.54) is 0 Å². The van der Waals surface area contributed by atoms with Crippen LogP contribution in [0.5, 0.6) is 0 Å². The van der Waals surface area contributed by atoms with E-state index in [1.54, 1.807) is 24.3 Å². The van der Waals surface area contributed by atoms with E-state index in [4.69, 9.17) is 0 Å². The van der Waals surface area contributed by atoms with Crippen LogP contribution in [-0.2, 0) is 27.2 Å². The van der Waals surface area contributed by atoms with Gasteiger partial charge >= 0.3 is 0 Å². The molecule has 0 aromatic heterocycles. The third-order valence-corrected chi connectivity index (χ3v) is 2.33. The Labute approximate surface area is 80.7 Å². The Kier molecular flexibility index (Phi) is 2.00. The van der Waals surface area contributed by atoms with Crippen LogP contribution in [0.15, 0.2) is 24.3 Å². The first-order valence-corrected chi connectivity index (χ1v) is 4.35. The second-order valence-electron chi connectivity index (χ2n) is 3.30. The second-order valence-corrected chi connectivity index (χ2v) is 3.30. The topological polar surface area (TPSA) is 51.2 Å². The Hall–Kier alpha value is -1.77. The molecule has 3 heteroatoms. The molecule has 0 radical (unpaired) electrons. The lowest BCUT2D eigenvalue weighted by Crippen LogP contribution is -2.23. The Morgan fingerprint density at radius 3 is 1.64 bits per heavy atom. The highest BCUT2D eigenvalue weighted by atomic mass is 16.2. The molecule has 0 heterocycles. The number of carbonyl (C=O) groups is 3. The molecular formula is C11H8O3. The van der Waals surface area contributed by atoms with Crippen LogP contribution >= 0.6 is 0 Å². The number of hydrogen-bond donors (Lipinski definition) is 0. The third kappa shape index (κ3) is 1.37. The minimum absolute atomic E-state index is 0.0563. The van der Waals surface area contributed by atoms with Crippen molar-refractivity contribution in [2.75, 3.05) is 0 Å². The van der Waals surface area contributed by atoms with Gasteiger partial charge in [0.05, 0.1) is 0 Å². The summed E-state index contributed by atoms with van der Waals surface area (Å²) < 4.78 is 0. The molecule has 0 spiro atoms. The maximum atomic E-state index is 11.2. The average molecular weight is 188 g/mol. The second kappa shape index (κ2) is 3.18. The van der Waals surface area contributed by atoms with E-state index >= 15 is 0 Å². The van der Waals surface area contributed by atoms with Gasteiger partial charge in [-0.15, -0.1) is 0 Å². The number of fused-ring (bicyclic) bond motifs is 1. The van der Waals surface area contributed by atoms with Crippen LogP contribution in [0.4, 0.5) is 0 Å². The van der Waals surface area contributed by atoms with Gasteiger partial charge in [0.1, 0.15) is 0 Å². The van der Waals surface area contributed by atoms with Crippen molar-refractivity contribution >= 4 is 17.3 Å². The zero-order valence-corrected chi connectivity index (χ0v) is 7.45. The summed E-state index contributed by atoms with van der Waals surface area (Å²) in [5, 5.41) is 0. The Morgan fingerprint density at radius 1 is 0.786 bits per heavy atom. The number of Topliss-reactive ketones (excluding diaryl/α,β-unsaturated/α-hetero) is 3. The molecule has 0 fully saturated rings. The van der Waals surface area contributed by atoms with Crippen LogP contribution < -0.4 is 0 Å². The molecule has 70 valence electrons. The highest BCUT2D eigenvalue weighted by molar-refractivity contribution is 6.64. The fraction of sp³-hybridized carbons (Fsp3) is 0.182. The van der Waals surface area contributed by atoms with Crippen molar-refractivity contribution in [2.45, 2.75) is 12.8 Å². The molecule has 0 amide bonds. The Balaban J connectivity index is 2.49. The Morgan fingerprint density at radius 2 is 1.21 bits per heavy atom. The van der Waals surface area contributed by atoms with Crippen LogP contribution in [0.3, 0.4) is 0 Å². The number of carbonyl (C=O) groups excluding carboxylic acids is 3. The lowest BCUT2D eigenvalue weighted by Gasteiger charge is -2.00. The highest BCUT2D eigenvalue weighted by Gasteiger charge is 2.27. The van der Waals surface area contributed by atoms with E-state index in [2.05, 4.69) is 0 Å². The van der Waals surface area contributed by atoms with Gasteiger partial charge in [-0.05, 0) is 11.1 Å². The van der Waals surface area contributed by atoms with E-state index in [9.17, 15) is 14.4 Å². The van der Waals surface area contributed by atoms with Crippen LogP contribution in [0.1, 0.15) is 11.1 Å². The molecule has 0 bridgehead atoms. The lowest BCUT2D eigenvalue weighted by molar-refractivity contribution is -0.143. The average Bonchev–Trinajstić information content (AvgIpc) is 2.28. The first-order chi connectivity index (χ1) is 6.68. The van der Waals surface area contributed by atoms with Crippen molar-refractivity contribution in [1.82, 2.24) is 0 Å². The van der Waals surface area contributed by atoms with Crippen molar-refractivity contribution in [2.24, 2.45) is 0 Å². The number of rotatable bonds is 0. The summed E-state index contributed by atoms with van der Waals surface area (Å²) >= 11 is 0. The summed E-state index contributed by atoms with van der Waals surface area (Å²) in [6, 6.07) is 7.15. The predicted octanol–water partition coefficient (Wildman–Crippen LogP) is 0.492. The van der Waals surface area contributed by atoms with Crippen molar-refractivity contribution in [3.63, 3.8) is 0 Å². The van der Waals surface area contributed by atoms with Gasteiger partial charge in [-0.25, -0.2) is 0 Å². The van der Waals surface area contributed by atoms with Gasteiger partial charge in [0.2, 0.25) is 11.6 Å². The number of benzene rings is 1. The van der Waals surface area contributed by atoms with Gasteiger partial charge < -0.3 is 0 Å². The minimum atomic E-state index is -0.860. The minimum Gasteiger partial charge on any atom is -0.290 e. The SMILES string of the molecule is O=C1Cc2ccccc2CC(=O)C1=O. The molecule has 0 unspecified atom stereocenters. The fourth-order valence-corrected chi connectivity index (χ4v) is 1.56. The fourth-order valence-electron chi connectivity index (χ4n) is 1.56. The van der Waals surface area contributed by atoms with Gasteiger partial charge in [-0.2, -0.15) is 0 Å². The molecule has 2 rings (SSSR count). The molecular weight excluding hydrogens is 180 g/mol. The molecule has 1 aromatic carbocycles. The smallest absolute Gasteiger partial charge is 0.264 e. The zero-order chi connectivity index (χ0) is 10.1. The number of ketones is 3. The van der Waals surface area contributed by atoms with Gasteiger partial charge in [0.25, 0.3) is 5.78 Å². The summed E-state index contributed by atoms with van der Waals surface area (Å²) in [5.41, 5.74) is 1.58. The lowest BCUT2D eigenvalue weighted by atomic mass is 10.0. The summed E-state index contributed by atoms with van der Waals surface area (Å²) in [6.07, 6.45) is 0.113. The molecule has 14 heavy (non-hydrogen) atoms. The van der Waals surface area contributed by atoms with Gasteiger partial charge in [0, 0.05) is 12.8 Å². The van der Waals surface area contributed by atoms with Gasteiger partial charge in [-0.1, -0.05) is 24.3 Å². The molecule has 0 aliphatic heterocycles. The largest absolute Gasteiger partial charge is 0.290 e. The van der Waals surface area contributed by atoms with Gasteiger partial charge in [-0.3, -0.25) is 14.4 Å². The number of hydrogen-bond acceptors (Lipinski definition) is 3. The predicted molar refractivity (Wildman–Crippen MR) is 48.9 cm³/mol. The van der Waals surface area contributed by atoms with Crippen LogP contribution in [0, 0.1) is 0 Å². The van der Waals surface area contributed by atoms with Crippen LogP contribution in [0.25, 0.3) is 0 Å². The van der Waals surface area contributed by atoms with Crippen LogP contribution in [0.2, 0.25) is 0 Å². The van der Waals surface area contributed by atoms with Crippen molar-refractivity contribution in [3.05, 3.63) is 35.4 Å². The standard InChI is InChI=1S/C11H8O3/c12-9-5-7-3-1-2-4-8(7)6-10(13)11(9)14/h1-4H,5-6H2. The summed E-state index contributed by atoms with van der Waals surface area (Å²) in [7, 11) is 0. The van der Waals surface area contributed by atoms with E-state index < -0.39 is 17.3 Å². The summed E-state index contributed by atoms with van der Waals surface area (Å²) in [5.74, 6) is -2.05. The monoisotopic (exact) mass is 188 g/mol. The molecule has 1 aliphatic rings. The first-order valence-electron chi connectivity index (χ1n) is 4.35. The highest BCUT2D eigenvalue weighted by Crippen LogP contribution is 2.14. The maximum Gasteiger partial charge on any atom is 0.264 e. The maximum absolute atomic E-state index is 11.2. The van der Waals surface area contributed by atoms with Crippen molar-refractivity contribution in [1.29, 1.82) is 0 Å². The van der Waals surface area contributed by atoms with E-state index in [1.807, 2.05) is 0 Å². The molecule has 0 N–H and O–H groups in total. The van der Waals surface area contributed by atoms with E-state index in [0.29, 0.717) is 0 Å². The third-order valence-electron chi connectivity index (χ3n) is 2.33. The van der Waals surface area contributed by atoms with Gasteiger partial charge in [0.15, 0.2) is 0 Å². The molecule has 0 saturated carbocycles. The van der Waals surface area contributed by atoms with E-state index in [-0.39, 0.29) is 12.8 Å². The quantitative estimate of drug-likeness (QED) is 0.440. The molecule has 1 aliphatic carbocycles. The van der Waals surface area contributed by atoms with Crippen molar-refractivity contribution in [3.8, 4) is 0 Å². The molecule has 3 nitrogen and oxygen atoms in total. The van der Waals surface area contributed by atoms with Crippen LogP contribution in [-0.4, -0.2) is 17.3 Å². The van der Waals surface area contributed by atoms with Crippen molar-refractivity contribution < 1.29 is 14.4 Å².